The van der Waals surface area contributed by atoms with Gasteiger partial charge in [-0.3, -0.25) is 0 Å². The fraction of sp³-hybridized carbons (Fsp3) is 0.273. The number of thioether (sulfide) groups is 1. The SMILES string of the molecule is CN(C)c1ccc([C@H]2[NH2+]C[C@H](CSc3ccc4ccccc4c3)O2)cc1. The normalized spacial score (nSPS) is 19.8. The van der Waals surface area contributed by atoms with E-state index in [1.165, 1.54) is 26.9 Å². The lowest BCUT2D eigenvalue weighted by atomic mass is 10.1. The van der Waals surface area contributed by atoms with Crippen LogP contribution in [0, 0.1) is 0 Å². The van der Waals surface area contributed by atoms with Crippen LogP contribution in [0.5, 0.6) is 0 Å². The molecule has 2 atom stereocenters. The smallest absolute Gasteiger partial charge is 0.217 e. The molecule has 0 aromatic heterocycles. The summed E-state index contributed by atoms with van der Waals surface area (Å²) in [5.74, 6) is 0.987. The Morgan fingerprint density at radius 1 is 1.00 bits per heavy atom. The molecule has 1 saturated heterocycles. The molecule has 4 rings (SSSR count). The van der Waals surface area contributed by atoms with E-state index in [1.54, 1.807) is 0 Å². The molecule has 2 N–H and O–H groups in total. The molecule has 0 amide bonds. The second kappa shape index (κ2) is 7.70. The maximum atomic E-state index is 6.27. The van der Waals surface area contributed by atoms with Crippen LogP contribution < -0.4 is 10.2 Å². The Morgan fingerprint density at radius 2 is 1.77 bits per heavy atom. The van der Waals surface area contributed by atoms with Crippen molar-refractivity contribution < 1.29 is 10.1 Å². The summed E-state index contributed by atoms with van der Waals surface area (Å²) in [4.78, 5) is 3.43. The van der Waals surface area contributed by atoms with Crippen molar-refractivity contribution in [2.24, 2.45) is 0 Å². The molecule has 0 spiro atoms. The lowest BCUT2D eigenvalue weighted by Gasteiger charge is -2.14. The summed E-state index contributed by atoms with van der Waals surface area (Å²) in [5.41, 5.74) is 2.46. The van der Waals surface area contributed by atoms with Gasteiger partial charge in [-0.1, -0.05) is 30.3 Å². The van der Waals surface area contributed by atoms with Crippen molar-refractivity contribution in [3.8, 4) is 0 Å². The fourth-order valence-corrected chi connectivity index (χ4v) is 4.29. The predicted octanol–water partition coefficient (Wildman–Crippen LogP) is 3.66. The van der Waals surface area contributed by atoms with Gasteiger partial charge in [0.1, 0.15) is 12.6 Å². The van der Waals surface area contributed by atoms with E-state index in [9.17, 15) is 0 Å². The second-order valence-corrected chi connectivity index (χ2v) is 8.05. The molecule has 3 aromatic rings. The Labute approximate surface area is 159 Å². The summed E-state index contributed by atoms with van der Waals surface area (Å²) in [6, 6.07) is 23.9. The summed E-state index contributed by atoms with van der Waals surface area (Å²) >= 11 is 1.88. The quantitative estimate of drug-likeness (QED) is 0.700. The minimum Gasteiger partial charge on any atom is -0.378 e. The third-order valence-corrected chi connectivity index (χ3v) is 5.97. The molecular formula is C22H25N2OS+. The number of fused-ring (bicyclic) bond motifs is 1. The van der Waals surface area contributed by atoms with E-state index in [2.05, 4.69) is 91.0 Å². The highest BCUT2D eigenvalue weighted by atomic mass is 32.2. The van der Waals surface area contributed by atoms with Crippen molar-refractivity contribution in [2.75, 3.05) is 31.3 Å². The van der Waals surface area contributed by atoms with Crippen molar-refractivity contribution in [3.63, 3.8) is 0 Å². The number of nitrogens with two attached hydrogens (primary N) is 1. The molecule has 0 aliphatic carbocycles. The van der Waals surface area contributed by atoms with Gasteiger partial charge in [0.15, 0.2) is 0 Å². The Kier molecular flexibility index (Phi) is 5.16. The van der Waals surface area contributed by atoms with Gasteiger partial charge in [0.25, 0.3) is 0 Å². The highest BCUT2D eigenvalue weighted by Gasteiger charge is 2.29. The average Bonchev–Trinajstić information content (AvgIpc) is 3.15. The van der Waals surface area contributed by atoms with Crippen LogP contribution in [0.3, 0.4) is 0 Å². The zero-order valence-electron chi connectivity index (χ0n) is 15.3. The highest BCUT2D eigenvalue weighted by molar-refractivity contribution is 7.99. The number of hydrogen-bond donors (Lipinski definition) is 1. The predicted molar refractivity (Wildman–Crippen MR) is 110 cm³/mol. The third-order valence-electron chi connectivity index (χ3n) is 4.85. The van der Waals surface area contributed by atoms with Crippen LogP contribution in [0.15, 0.2) is 71.6 Å². The number of rotatable bonds is 5. The van der Waals surface area contributed by atoms with E-state index in [4.69, 9.17) is 4.74 Å². The van der Waals surface area contributed by atoms with Crippen LogP contribution in [0.4, 0.5) is 5.69 Å². The zero-order chi connectivity index (χ0) is 17.9. The molecule has 1 aliphatic heterocycles. The van der Waals surface area contributed by atoms with Gasteiger partial charge >= 0.3 is 0 Å². The first kappa shape index (κ1) is 17.4. The second-order valence-electron chi connectivity index (χ2n) is 6.96. The van der Waals surface area contributed by atoms with Gasteiger partial charge in [0, 0.05) is 36.0 Å². The molecule has 0 saturated carbocycles. The number of nitrogens with zero attached hydrogens (tertiary/aromatic N) is 1. The van der Waals surface area contributed by atoms with Crippen LogP contribution in [0.2, 0.25) is 0 Å². The molecule has 134 valence electrons. The summed E-state index contributed by atoms with van der Waals surface area (Å²) in [7, 11) is 4.13. The topological polar surface area (TPSA) is 29.1 Å². The molecule has 1 heterocycles. The van der Waals surface area contributed by atoms with Gasteiger partial charge in [0.2, 0.25) is 6.23 Å². The first-order valence-electron chi connectivity index (χ1n) is 9.07. The van der Waals surface area contributed by atoms with Gasteiger partial charge in [-0.15, -0.1) is 11.8 Å². The van der Waals surface area contributed by atoms with E-state index in [0.29, 0.717) is 0 Å². The largest absolute Gasteiger partial charge is 0.378 e. The van der Waals surface area contributed by atoms with E-state index in [0.717, 1.165) is 12.3 Å². The standard InChI is InChI=1S/C22H24N2OS/c1-24(2)19-10-7-17(8-11-19)22-23-14-20(25-22)15-26-21-12-9-16-5-3-4-6-18(16)13-21/h3-13,20,22-23H,14-15H2,1-2H3/p+1/t20-,22+/m1/s1. The van der Waals surface area contributed by atoms with Crippen LogP contribution in [-0.2, 0) is 4.74 Å². The Morgan fingerprint density at radius 3 is 2.54 bits per heavy atom. The molecule has 1 aliphatic rings. The molecule has 0 radical (unpaired) electrons. The molecule has 3 nitrogen and oxygen atoms in total. The lowest BCUT2D eigenvalue weighted by molar-refractivity contribution is -0.697. The number of benzene rings is 3. The van der Waals surface area contributed by atoms with Crippen molar-refractivity contribution in [2.45, 2.75) is 17.2 Å². The van der Waals surface area contributed by atoms with Crippen molar-refractivity contribution in [1.82, 2.24) is 0 Å². The van der Waals surface area contributed by atoms with Gasteiger partial charge < -0.3 is 15.0 Å². The van der Waals surface area contributed by atoms with E-state index in [-0.39, 0.29) is 12.3 Å². The molecule has 3 aromatic carbocycles. The Hall–Kier alpha value is -2.01. The molecule has 4 heteroatoms. The third kappa shape index (κ3) is 3.88. The first-order chi connectivity index (χ1) is 12.7. The van der Waals surface area contributed by atoms with Crippen LogP contribution >= 0.6 is 11.8 Å². The number of ether oxygens (including phenoxy) is 1. The van der Waals surface area contributed by atoms with Gasteiger partial charge in [-0.25, -0.2) is 0 Å². The Bertz CT molecular complexity index is 879. The molecule has 1 fully saturated rings. The summed E-state index contributed by atoms with van der Waals surface area (Å²) in [6.45, 7) is 1.01. The highest BCUT2D eigenvalue weighted by Crippen LogP contribution is 2.26. The van der Waals surface area contributed by atoms with Crippen molar-refractivity contribution >= 4 is 28.2 Å². The van der Waals surface area contributed by atoms with E-state index in [1.807, 2.05) is 11.8 Å². The first-order valence-corrected chi connectivity index (χ1v) is 10.1. The monoisotopic (exact) mass is 365 g/mol. The fourth-order valence-electron chi connectivity index (χ4n) is 3.32. The summed E-state index contributed by atoms with van der Waals surface area (Å²) < 4.78 is 6.27. The Balaban J connectivity index is 1.35. The molecule has 0 bridgehead atoms. The number of anilines is 1. The summed E-state index contributed by atoms with van der Waals surface area (Å²) in [5, 5.41) is 4.90. The van der Waals surface area contributed by atoms with Crippen molar-refractivity contribution in [1.29, 1.82) is 0 Å². The average molecular weight is 366 g/mol. The van der Waals surface area contributed by atoms with E-state index < -0.39 is 0 Å². The van der Waals surface area contributed by atoms with Crippen LogP contribution in [0.1, 0.15) is 11.8 Å². The van der Waals surface area contributed by atoms with Crippen LogP contribution in [0.25, 0.3) is 10.8 Å². The number of hydrogen-bond acceptors (Lipinski definition) is 3. The molecule has 26 heavy (non-hydrogen) atoms. The lowest BCUT2D eigenvalue weighted by Crippen LogP contribution is -2.82. The maximum Gasteiger partial charge on any atom is 0.217 e. The molecule has 0 unspecified atom stereocenters. The van der Waals surface area contributed by atoms with Crippen molar-refractivity contribution in [3.05, 3.63) is 72.3 Å². The van der Waals surface area contributed by atoms with Crippen LogP contribution in [-0.4, -0.2) is 32.5 Å². The minimum absolute atomic E-state index is 0.119. The minimum atomic E-state index is 0.119. The molecular weight excluding hydrogens is 340 g/mol. The maximum absolute atomic E-state index is 6.27. The zero-order valence-corrected chi connectivity index (χ0v) is 16.1. The van der Waals surface area contributed by atoms with Gasteiger partial charge in [-0.2, -0.15) is 0 Å². The van der Waals surface area contributed by atoms with E-state index >= 15 is 0 Å². The summed E-state index contributed by atoms with van der Waals surface area (Å²) in [6.07, 6.45) is 0.401. The number of quaternary nitrogens is 1. The van der Waals surface area contributed by atoms with Gasteiger partial charge in [-0.05, 0) is 47.2 Å². The van der Waals surface area contributed by atoms with Gasteiger partial charge in [0.05, 0.1) is 0 Å².